The highest BCUT2D eigenvalue weighted by Crippen LogP contribution is 2.40. The van der Waals surface area contributed by atoms with E-state index in [-0.39, 0.29) is 17.2 Å². The molecule has 1 fully saturated rings. The standard InChI is InChI=1S/C23H27F3O/c1-3-5-15-6-8-16(9-7-15)18-11-12-19(23(26)22(18)25)17-10-13-21(27-4-2)20(24)14-17/h10-16H,3-9H2,1-2H3. The van der Waals surface area contributed by atoms with Crippen LogP contribution in [0.2, 0.25) is 0 Å². The molecular formula is C23H27F3O. The van der Waals surface area contributed by atoms with Crippen molar-refractivity contribution in [3.8, 4) is 16.9 Å². The Morgan fingerprint density at radius 1 is 0.926 bits per heavy atom. The number of benzene rings is 2. The molecule has 0 saturated heterocycles. The van der Waals surface area contributed by atoms with Gasteiger partial charge in [0.25, 0.3) is 0 Å². The Morgan fingerprint density at radius 3 is 2.30 bits per heavy atom. The summed E-state index contributed by atoms with van der Waals surface area (Å²) in [5.74, 6) is -1.37. The highest BCUT2D eigenvalue weighted by Gasteiger charge is 2.26. The molecule has 0 unspecified atom stereocenters. The van der Waals surface area contributed by atoms with Crippen molar-refractivity contribution in [2.45, 2.75) is 58.3 Å². The maximum absolute atomic E-state index is 14.8. The van der Waals surface area contributed by atoms with Gasteiger partial charge in [-0.2, -0.15) is 0 Å². The quantitative estimate of drug-likeness (QED) is 0.516. The Balaban J connectivity index is 1.82. The first kappa shape index (κ1) is 19.8. The molecule has 0 atom stereocenters. The Bertz CT molecular complexity index is 779. The molecule has 4 heteroatoms. The Labute approximate surface area is 159 Å². The van der Waals surface area contributed by atoms with E-state index in [0.29, 0.717) is 23.7 Å². The van der Waals surface area contributed by atoms with E-state index in [9.17, 15) is 13.2 Å². The predicted molar refractivity (Wildman–Crippen MR) is 103 cm³/mol. The number of hydrogen-bond acceptors (Lipinski definition) is 1. The topological polar surface area (TPSA) is 9.23 Å². The third-order valence-electron chi connectivity index (χ3n) is 5.64. The van der Waals surface area contributed by atoms with Gasteiger partial charge in [0.2, 0.25) is 0 Å². The lowest BCUT2D eigenvalue weighted by molar-refractivity contribution is 0.303. The fourth-order valence-electron chi connectivity index (χ4n) is 4.21. The van der Waals surface area contributed by atoms with Crippen molar-refractivity contribution in [2.75, 3.05) is 6.61 Å². The number of ether oxygens (including phenoxy) is 1. The number of hydrogen-bond donors (Lipinski definition) is 0. The van der Waals surface area contributed by atoms with E-state index in [4.69, 9.17) is 4.74 Å². The summed E-state index contributed by atoms with van der Waals surface area (Å²) in [6, 6.07) is 7.45. The van der Waals surface area contributed by atoms with Crippen LogP contribution < -0.4 is 4.74 Å². The maximum Gasteiger partial charge on any atom is 0.166 e. The van der Waals surface area contributed by atoms with Crippen LogP contribution in [0.15, 0.2) is 30.3 Å². The summed E-state index contributed by atoms with van der Waals surface area (Å²) in [6.07, 6.45) is 6.34. The second-order valence-electron chi connectivity index (χ2n) is 7.41. The first-order valence-electron chi connectivity index (χ1n) is 9.95. The van der Waals surface area contributed by atoms with Crippen molar-refractivity contribution >= 4 is 0 Å². The van der Waals surface area contributed by atoms with Crippen molar-refractivity contribution in [2.24, 2.45) is 5.92 Å². The molecule has 1 nitrogen and oxygen atoms in total. The molecule has 0 radical (unpaired) electrons. The first-order chi connectivity index (χ1) is 13.0. The van der Waals surface area contributed by atoms with Gasteiger partial charge in [-0.05, 0) is 67.7 Å². The summed E-state index contributed by atoms with van der Waals surface area (Å²) in [6.45, 7) is 4.29. The van der Waals surface area contributed by atoms with Crippen molar-refractivity contribution < 1.29 is 17.9 Å². The maximum atomic E-state index is 14.8. The zero-order valence-electron chi connectivity index (χ0n) is 16.0. The molecule has 0 aromatic heterocycles. The molecule has 0 amide bonds. The lowest BCUT2D eigenvalue weighted by Crippen LogP contribution is -2.15. The Kier molecular flexibility index (Phi) is 6.46. The van der Waals surface area contributed by atoms with Crippen LogP contribution >= 0.6 is 0 Å². The third-order valence-corrected chi connectivity index (χ3v) is 5.64. The van der Waals surface area contributed by atoms with Crippen molar-refractivity contribution in [1.29, 1.82) is 0 Å². The van der Waals surface area contributed by atoms with Crippen molar-refractivity contribution in [3.63, 3.8) is 0 Å². The van der Waals surface area contributed by atoms with Crippen LogP contribution in [-0.2, 0) is 0 Å². The minimum atomic E-state index is -0.897. The van der Waals surface area contributed by atoms with Crippen molar-refractivity contribution in [3.05, 3.63) is 53.3 Å². The average molecular weight is 376 g/mol. The monoisotopic (exact) mass is 376 g/mol. The molecular weight excluding hydrogens is 349 g/mol. The molecule has 0 N–H and O–H groups in total. The molecule has 1 saturated carbocycles. The smallest absolute Gasteiger partial charge is 0.166 e. The van der Waals surface area contributed by atoms with Gasteiger partial charge in [0, 0.05) is 5.56 Å². The minimum absolute atomic E-state index is 0.0683. The van der Waals surface area contributed by atoms with Crippen LogP contribution in [0.25, 0.3) is 11.1 Å². The van der Waals surface area contributed by atoms with E-state index in [1.807, 2.05) is 0 Å². The molecule has 0 spiro atoms. The molecule has 0 aliphatic heterocycles. The summed E-state index contributed by atoms with van der Waals surface area (Å²) in [5.41, 5.74) is 0.848. The second kappa shape index (κ2) is 8.81. The normalized spacial score (nSPS) is 19.9. The van der Waals surface area contributed by atoms with Gasteiger partial charge in [0.05, 0.1) is 6.61 Å². The molecule has 1 aliphatic carbocycles. The minimum Gasteiger partial charge on any atom is -0.491 e. The largest absolute Gasteiger partial charge is 0.491 e. The van der Waals surface area contributed by atoms with Crippen LogP contribution in [-0.4, -0.2) is 6.61 Å². The van der Waals surface area contributed by atoms with Gasteiger partial charge >= 0.3 is 0 Å². The Hall–Kier alpha value is -1.97. The van der Waals surface area contributed by atoms with E-state index < -0.39 is 17.5 Å². The third kappa shape index (κ3) is 4.31. The van der Waals surface area contributed by atoms with Gasteiger partial charge in [-0.1, -0.05) is 38.0 Å². The van der Waals surface area contributed by atoms with Crippen LogP contribution in [0.5, 0.6) is 5.75 Å². The van der Waals surface area contributed by atoms with E-state index >= 15 is 0 Å². The second-order valence-corrected chi connectivity index (χ2v) is 7.41. The van der Waals surface area contributed by atoms with Gasteiger partial charge < -0.3 is 4.74 Å². The van der Waals surface area contributed by atoms with Gasteiger partial charge in [-0.25, -0.2) is 13.2 Å². The lowest BCUT2D eigenvalue weighted by atomic mass is 9.77. The molecule has 0 bridgehead atoms. The first-order valence-corrected chi connectivity index (χ1v) is 9.95. The molecule has 27 heavy (non-hydrogen) atoms. The average Bonchev–Trinajstić information content (AvgIpc) is 2.67. The summed E-state index contributed by atoms with van der Waals surface area (Å²) in [7, 11) is 0. The summed E-state index contributed by atoms with van der Waals surface area (Å²) < 4.78 is 48.8. The van der Waals surface area contributed by atoms with Gasteiger partial charge in [-0.15, -0.1) is 0 Å². The summed E-state index contributed by atoms with van der Waals surface area (Å²) in [5, 5.41) is 0. The molecule has 2 aromatic carbocycles. The molecule has 146 valence electrons. The fraction of sp³-hybridized carbons (Fsp3) is 0.478. The summed E-state index contributed by atoms with van der Waals surface area (Å²) >= 11 is 0. The number of halogens is 3. The van der Waals surface area contributed by atoms with Crippen molar-refractivity contribution in [1.82, 2.24) is 0 Å². The number of rotatable bonds is 6. The van der Waals surface area contributed by atoms with Gasteiger partial charge in [0.15, 0.2) is 23.2 Å². The fourth-order valence-corrected chi connectivity index (χ4v) is 4.21. The van der Waals surface area contributed by atoms with E-state index in [1.54, 1.807) is 25.1 Å². The summed E-state index contributed by atoms with van der Waals surface area (Å²) in [4.78, 5) is 0. The van der Waals surface area contributed by atoms with Crippen LogP contribution in [0.3, 0.4) is 0 Å². The highest BCUT2D eigenvalue weighted by molar-refractivity contribution is 5.66. The molecule has 1 aliphatic rings. The van der Waals surface area contributed by atoms with Gasteiger partial charge in [0.1, 0.15) is 0 Å². The van der Waals surface area contributed by atoms with Gasteiger partial charge in [-0.3, -0.25) is 0 Å². The highest BCUT2D eigenvalue weighted by atomic mass is 19.2. The van der Waals surface area contributed by atoms with Crippen LogP contribution in [0.4, 0.5) is 13.2 Å². The van der Waals surface area contributed by atoms with E-state index in [1.165, 1.54) is 25.0 Å². The SMILES string of the molecule is CCCC1CCC(c2ccc(-c3ccc(OCC)c(F)c3)c(F)c2F)CC1. The lowest BCUT2D eigenvalue weighted by Gasteiger charge is -2.29. The van der Waals surface area contributed by atoms with Crippen LogP contribution in [0, 0.1) is 23.4 Å². The van der Waals surface area contributed by atoms with E-state index in [0.717, 1.165) is 25.7 Å². The van der Waals surface area contributed by atoms with E-state index in [2.05, 4.69) is 6.92 Å². The molecule has 3 rings (SSSR count). The predicted octanol–water partition coefficient (Wildman–Crippen LogP) is 7.24. The zero-order valence-corrected chi connectivity index (χ0v) is 16.0. The zero-order chi connectivity index (χ0) is 19.4. The molecule has 0 heterocycles. The van der Waals surface area contributed by atoms with Crippen LogP contribution in [0.1, 0.15) is 63.9 Å². The Morgan fingerprint density at radius 2 is 1.67 bits per heavy atom. The molecule has 2 aromatic rings.